The average Bonchev–Trinajstić information content (AvgIpc) is 2.92. The standard InChI is InChI=1S/C19H20Cl2O2S/c1-2-24-12-17-11-19(22,14-5-9-16(21)10-6-14)18(23-17)13-3-7-15(20)8-4-13/h3-10,17-18,22H,2,11-12H2,1H3/t17-,18+,19-/m0/s1. The molecule has 1 heterocycles. The van der Waals surface area contributed by atoms with Gasteiger partial charge in [0.25, 0.3) is 0 Å². The molecule has 0 saturated carbocycles. The van der Waals surface area contributed by atoms with Crippen LogP contribution in [0.2, 0.25) is 10.0 Å². The number of aliphatic hydroxyl groups is 1. The first-order chi connectivity index (χ1) is 11.5. The van der Waals surface area contributed by atoms with Gasteiger partial charge >= 0.3 is 0 Å². The number of rotatable bonds is 5. The summed E-state index contributed by atoms with van der Waals surface area (Å²) >= 11 is 13.8. The van der Waals surface area contributed by atoms with Crippen molar-refractivity contribution >= 4 is 35.0 Å². The molecule has 0 spiro atoms. The molecule has 0 aromatic heterocycles. The van der Waals surface area contributed by atoms with Crippen LogP contribution in [0.4, 0.5) is 0 Å². The smallest absolute Gasteiger partial charge is 0.122 e. The van der Waals surface area contributed by atoms with Crippen molar-refractivity contribution in [1.82, 2.24) is 0 Å². The molecule has 2 aromatic rings. The zero-order valence-electron chi connectivity index (χ0n) is 13.4. The van der Waals surface area contributed by atoms with Gasteiger partial charge in [0.2, 0.25) is 0 Å². The Morgan fingerprint density at radius 3 is 2.25 bits per heavy atom. The second-order valence-electron chi connectivity index (χ2n) is 5.98. The number of thioether (sulfide) groups is 1. The number of benzene rings is 2. The van der Waals surface area contributed by atoms with E-state index >= 15 is 0 Å². The van der Waals surface area contributed by atoms with Crippen LogP contribution in [-0.4, -0.2) is 22.7 Å². The van der Waals surface area contributed by atoms with Crippen LogP contribution in [0.3, 0.4) is 0 Å². The van der Waals surface area contributed by atoms with Gasteiger partial charge in [-0.15, -0.1) is 0 Å². The van der Waals surface area contributed by atoms with Crippen molar-refractivity contribution in [2.24, 2.45) is 0 Å². The third-order valence-electron chi connectivity index (χ3n) is 4.33. The first-order valence-electron chi connectivity index (χ1n) is 8.00. The molecule has 1 fully saturated rings. The Balaban J connectivity index is 1.95. The van der Waals surface area contributed by atoms with Crippen molar-refractivity contribution in [3.63, 3.8) is 0 Å². The maximum atomic E-state index is 11.5. The van der Waals surface area contributed by atoms with Gasteiger partial charge in [0.05, 0.1) is 6.10 Å². The van der Waals surface area contributed by atoms with E-state index < -0.39 is 11.7 Å². The van der Waals surface area contributed by atoms with Crippen LogP contribution in [0, 0.1) is 0 Å². The minimum absolute atomic E-state index is 0.0105. The molecule has 0 bridgehead atoms. The number of hydrogen-bond donors (Lipinski definition) is 1. The van der Waals surface area contributed by atoms with Gasteiger partial charge < -0.3 is 9.84 Å². The highest BCUT2D eigenvalue weighted by Crippen LogP contribution is 2.49. The SMILES string of the molecule is CCSC[C@@H]1C[C@](O)(c2ccc(Cl)cc2)[C@@H](c2ccc(Cl)cc2)O1. The average molecular weight is 383 g/mol. The Morgan fingerprint density at radius 2 is 1.67 bits per heavy atom. The Hall–Kier alpha value is -0.710. The molecule has 2 aromatic carbocycles. The molecule has 0 radical (unpaired) electrons. The first kappa shape index (κ1) is 18.1. The summed E-state index contributed by atoms with van der Waals surface area (Å²) in [6.45, 7) is 2.13. The summed E-state index contributed by atoms with van der Waals surface area (Å²) in [5.74, 6) is 1.90. The van der Waals surface area contributed by atoms with Gasteiger partial charge in [-0.2, -0.15) is 11.8 Å². The maximum Gasteiger partial charge on any atom is 0.122 e. The van der Waals surface area contributed by atoms with Crippen LogP contribution in [0.5, 0.6) is 0 Å². The lowest BCUT2D eigenvalue weighted by Crippen LogP contribution is -2.29. The molecule has 128 valence electrons. The summed E-state index contributed by atoms with van der Waals surface area (Å²) in [5.41, 5.74) is 0.689. The maximum absolute atomic E-state index is 11.5. The normalized spacial score (nSPS) is 26.7. The molecular formula is C19H20Cl2O2S. The molecule has 1 aliphatic rings. The fourth-order valence-electron chi connectivity index (χ4n) is 3.15. The quantitative estimate of drug-likeness (QED) is 0.743. The zero-order valence-corrected chi connectivity index (χ0v) is 15.7. The Kier molecular flexibility index (Phi) is 5.78. The lowest BCUT2D eigenvalue weighted by molar-refractivity contribution is -0.0514. The molecule has 3 atom stereocenters. The van der Waals surface area contributed by atoms with Gasteiger partial charge in [-0.1, -0.05) is 54.4 Å². The minimum atomic E-state index is -1.07. The molecular weight excluding hydrogens is 363 g/mol. The van der Waals surface area contributed by atoms with Crippen LogP contribution in [-0.2, 0) is 10.3 Å². The van der Waals surface area contributed by atoms with Gasteiger partial charge in [-0.3, -0.25) is 0 Å². The molecule has 1 aliphatic heterocycles. The van der Waals surface area contributed by atoms with Gasteiger partial charge in [-0.05, 0) is 41.1 Å². The van der Waals surface area contributed by atoms with E-state index in [-0.39, 0.29) is 6.10 Å². The summed E-state index contributed by atoms with van der Waals surface area (Å²) in [4.78, 5) is 0. The van der Waals surface area contributed by atoms with Crippen molar-refractivity contribution in [2.75, 3.05) is 11.5 Å². The largest absolute Gasteiger partial charge is 0.382 e. The van der Waals surface area contributed by atoms with E-state index in [1.54, 1.807) is 0 Å². The van der Waals surface area contributed by atoms with Crippen molar-refractivity contribution in [1.29, 1.82) is 0 Å². The van der Waals surface area contributed by atoms with E-state index in [2.05, 4.69) is 6.92 Å². The van der Waals surface area contributed by atoms with Crippen molar-refractivity contribution < 1.29 is 9.84 Å². The Bertz CT molecular complexity index is 675. The second kappa shape index (κ2) is 7.67. The van der Waals surface area contributed by atoms with E-state index in [9.17, 15) is 5.11 Å². The molecule has 1 saturated heterocycles. The molecule has 2 nitrogen and oxygen atoms in total. The van der Waals surface area contributed by atoms with Crippen LogP contribution >= 0.6 is 35.0 Å². The van der Waals surface area contributed by atoms with Crippen LogP contribution in [0.1, 0.15) is 30.6 Å². The van der Waals surface area contributed by atoms with E-state index in [4.69, 9.17) is 27.9 Å². The van der Waals surface area contributed by atoms with Crippen molar-refractivity contribution in [2.45, 2.75) is 31.2 Å². The van der Waals surface area contributed by atoms with E-state index in [0.29, 0.717) is 16.5 Å². The third-order valence-corrected chi connectivity index (χ3v) is 5.85. The monoisotopic (exact) mass is 382 g/mol. The Morgan fingerprint density at radius 1 is 1.08 bits per heavy atom. The first-order valence-corrected chi connectivity index (χ1v) is 9.91. The highest BCUT2D eigenvalue weighted by Gasteiger charge is 2.49. The zero-order chi connectivity index (χ0) is 17.2. The molecule has 0 amide bonds. The summed E-state index contributed by atoms with van der Waals surface area (Å²) in [5, 5.41) is 12.8. The van der Waals surface area contributed by atoms with E-state index in [1.807, 2.05) is 60.3 Å². The van der Waals surface area contributed by atoms with Gasteiger partial charge in [0.1, 0.15) is 11.7 Å². The van der Waals surface area contributed by atoms with Crippen molar-refractivity contribution in [3.8, 4) is 0 Å². The molecule has 5 heteroatoms. The van der Waals surface area contributed by atoms with Crippen LogP contribution < -0.4 is 0 Å². The van der Waals surface area contributed by atoms with Crippen LogP contribution in [0.15, 0.2) is 48.5 Å². The van der Waals surface area contributed by atoms with Crippen LogP contribution in [0.25, 0.3) is 0 Å². The lowest BCUT2D eigenvalue weighted by atomic mass is 9.83. The summed E-state index contributed by atoms with van der Waals surface area (Å²) in [6.07, 6.45) is 0.157. The summed E-state index contributed by atoms with van der Waals surface area (Å²) in [7, 11) is 0. The highest BCUT2D eigenvalue weighted by atomic mass is 35.5. The predicted molar refractivity (Wildman–Crippen MR) is 102 cm³/mol. The van der Waals surface area contributed by atoms with E-state index in [0.717, 1.165) is 22.6 Å². The summed E-state index contributed by atoms with van der Waals surface area (Å²) in [6, 6.07) is 14.9. The second-order valence-corrected chi connectivity index (χ2v) is 8.18. The molecule has 1 N–H and O–H groups in total. The molecule has 24 heavy (non-hydrogen) atoms. The number of halogens is 2. The van der Waals surface area contributed by atoms with Gasteiger partial charge in [0.15, 0.2) is 0 Å². The number of ether oxygens (including phenoxy) is 1. The van der Waals surface area contributed by atoms with Gasteiger partial charge in [0, 0.05) is 22.2 Å². The topological polar surface area (TPSA) is 29.5 Å². The minimum Gasteiger partial charge on any atom is -0.382 e. The van der Waals surface area contributed by atoms with Gasteiger partial charge in [-0.25, -0.2) is 0 Å². The molecule has 0 aliphatic carbocycles. The van der Waals surface area contributed by atoms with E-state index in [1.165, 1.54) is 0 Å². The molecule has 3 rings (SSSR count). The predicted octanol–water partition coefficient (Wildman–Crippen LogP) is 5.46. The number of hydrogen-bond acceptors (Lipinski definition) is 3. The lowest BCUT2D eigenvalue weighted by Gasteiger charge is -2.29. The third kappa shape index (κ3) is 3.76. The highest BCUT2D eigenvalue weighted by molar-refractivity contribution is 7.99. The fraction of sp³-hybridized carbons (Fsp3) is 0.368. The fourth-order valence-corrected chi connectivity index (χ4v) is 4.10. The molecule has 0 unspecified atom stereocenters. The van der Waals surface area contributed by atoms with Crippen molar-refractivity contribution in [3.05, 3.63) is 69.7 Å². The summed E-state index contributed by atoms with van der Waals surface area (Å²) < 4.78 is 6.24. The Labute approximate surface area is 157 Å².